The lowest BCUT2D eigenvalue weighted by molar-refractivity contribution is 0.0897. The van der Waals surface area contributed by atoms with Gasteiger partial charge in [0.05, 0.1) is 12.7 Å². The van der Waals surface area contributed by atoms with Crippen molar-refractivity contribution in [2.24, 2.45) is 5.73 Å². The Hall–Kier alpha value is -1.13. The van der Waals surface area contributed by atoms with Crippen LogP contribution in [0.5, 0.6) is 5.75 Å². The maximum Gasteiger partial charge on any atom is 0.165 e. The molecule has 1 fully saturated rings. The molecule has 2 atom stereocenters. The molecule has 1 saturated heterocycles. The lowest BCUT2D eigenvalue weighted by Crippen LogP contribution is -2.17. The summed E-state index contributed by atoms with van der Waals surface area (Å²) in [7, 11) is 0. The first-order valence-corrected chi connectivity index (χ1v) is 6.93. The average molecular weight is 267 g/mol. The molecule has 2 N–H and O–H groups in total. The second-order valence-corrected chi connectivity index (χ2v) is 5.22. The molecule has 0 radical (unpaired) electrons. The first-order chi connectivity index (χ1) is 9.15. The molecule has 1 aromatic rings. The van der Waals surface area contributed by atoms with Crippen LogP contribution in [0.2, 0.25) is 0 Å². The molecule has 0 saturated carbocycles. The van der Waals surface area contributed by atoms with Gasteiger partial charge in [0.1, 0.15) is 0 Å². The largest absolute Gasteiger partial charge is 0.490 e. The van der Waals surface area contributed by atoms with E-state index in [1.807, 2.05) is 13.0 Å². The molecule has 3 nitrogen and oxygen atoms in total. The second kappa shape index (κ2) is 6.87. The van der Waals surface area contributed by atoms with Crippen LogP contribution in [-0.4, -0.2) is 25.4 Å². The van der Waals surface area contributed by atoms with Gasteiger partial charge in [0, 0.05) is 19.1 Å². The van der Waals surface area contributed by atoms with Crippen LogP contribution in [0.1, 0.15) is 31.7 Å². The van der Waals surface area contributed by atoms with Crippen LogP contribution in [0, 0.1) is 5.82 Å². The molecule has 1 heterocycles. The summed E-state index contributed by atoms with van der Waals surface area (Å²) in [4.78, 5) is 0. The highest BCUT2D eigenvalue weighted by molar-refractivity contribution is 5.29. The van der Waals surface area contributed by atoms with Crippen LogP contribution in [0.4, 0.5) is 4.39 Å². The van der Waals surface area contributed by atoms with E-state index < -0.39 is 0 Å². The van der Waals surface area contributed by atoms with Crippen molar-refractivity contribution in [3.63, 3.8) is 0 Å². The highest BCUT2D eigenvalue weighted by atomic mass is 19.1. The Balaban J connectivity index is 1.82. The van der Waals surface area contributed by atoms with E-state index in [0.717, 1.165) is 31.4 Å². The Morgan fingerprint density at radius 3 is 3.00 bits per heavy atom. The lowest BCUT2D eigenvalue weighted by atomic mass is 10.1. The van der Waals surface area contributed by atoms with Gasteiger partial charge in [-0.25, -0.2) is 4.39 Å². The van der Waals surface area contributed by atoms with E-state index in [4.69, 9.17) is 15.2 Å². The molecule has 19 heavy (non-hydrogen) atoms. The van der Waals surface area contributed by atoms with Gasteiger partial charge in [-0.3, -0.25) is 0 Å². The highest BCUT2D eigenvalue weighted by Gasteiger charge is 2.15. The third-order valence-corrected chi connectivity index (χ3v) is 3.28. The van der Waals surface area contributed by atoms with Crippen molar-refractivity contribution in [2.75, 3.05) is 13.2 Å². The molecule has 1 aliphatic heterocycles. The third kappa shape index (κ3) is 4.48. The number of hydrogen-bond acceptors (Lipinski definition) is 3. The zero-order chi connectivity index (χ0) is 13.7. The Morgan fingerprint density at radius 1 is 1.53 bits per heavy atom. The average Bonchev–Trinajstić information content (AvgIpc) is 2.84. The summed E-state index contributed by atoms with van der Waals surface area (Å²) in [5, 5.41) is 0. The fourth-order valence-corrected chi connectivity index (χ4v) is 2.33. The highest BCUT2D eigenvalue weighted by Crippen LogP contribution is 2.21. The van der Waals surface area contributed by atoms with E-state index in [-0.39, 0.29) is 18.0 Å². The van der Waals surface area contributed by atoms with E-state index in [2.05, 4.69) is 0 Å². The summed E-state index contributed by atoms with van der Waals surface area (Å²) in [6.07, 6.45) is 3.97. The SMILES string of the molecule is CC(N)Cc1ccc(OCCC2CCCO2)c(F)c1. The van der Waals surface area contributed by atoms with Gasteiger partial charge in [0.15, 0.2) is 11.6 Å². The van der Waals surface area contributed by atoms with Crippen LogP contribution >= 0.6 is 0 Å². The summed E-state index contributed by atoms with van der Waals surface area (Å²) >= 11 is 0. The standard InChI is InChI=1S/C15H22FNO2/c1-11(17)9-12-4-5-15(14(16)10-12)19-8-6-13-3-2-7-18-13/h4-5,10-11,13H,2-3,6-9,17H2,1H3. The van der Waals surface area contributed by atoms with E-state index in [9.17, 15) is 4.39 Å². The Kier molecular flexibility index (Phi) is 5.16. The maximum absolute atomic E-state index is 13.8. The van der Waals surface area contributed by atoms with E-state index in [1.54, 1.807) is 6.07 Å². The van der Waals surface area contributed by atoms with Gasteiger partial charge in [-0.15, -0.1) is 0 Å². The molecular weight excluding hydrogens is 245 g/mol. The molecule has 1 aliphatic rings. The number of rotatable bonds is 6. The van der Waals surface area contributed by atoms with Crippen molar-refractivity contribution in [2.45, 2.75) is 44.8 Å². The van der Waals surface area contributed by atoms with Gasteiger partial charge < -0.3 is 15.2 Å². The van der Waals surface area contributed by atoms with Crippen molar-refractivity contribution < 1.29 is 13.9 Å². The first kappa shape index (κ1) is 14.3. The summed E-state index contributed by atoms with van der Waals surface area (Å²) < 4.78 is 24.8. The quantitative estimate of drug-likeness (QED) is 0.861. The molecular formula is C15H22FNO2. The zero-order valence-electron chi connectivity index (χ0n) is 11.4. The Morgan fingerprint density at radius 2 is 2.37 bits per heavy atom. The van der Waals surface area contributed by atoms with Gasteiger partial charge >= 0.3 is 0 Å². The van der Waals surface area contributed by atoms with Crippen molar-refractivity contribution >= 4 is 0 Å². The molecule has 2 rings (SSSR count). The smallest absolute Gasteiger partial charge is 0.165 e. The lowest BCUT2D eigenvalue weighted by Gasteiger charge is -2.12. The molecule has 0 amide bonds. The number of benzene rings is 1. The molecule has 0 spiro atoms. The minimum absolute atomic E-state index is 0.0330. The molecule has 0 bridgehead atoms. The fraction of sp³-hybridized carbons (Fsp3) is 0.600. The predicted octanol–water partition coefficient (Wildman–Crippen LogP) is 2.66. The fourth-order valence-electron chi connectivity index (χ4n) is 2.33. The van der Waals surface area contributed by atoms with Crippen LogP contribution in [0.3, 0.4) is 0 Å². The van der Waals surface area contributed by atoms with Crippen LogP contribution in [-0.2, 0) is 11.2 Å². The summed E-state index contributed by atoms with van der Waals surface area (Å²) in [5.41, 5.74) is 6.60. The summed E-state index contributed by atoms with van der Waals surface area (Å²) in [5.74, 6) is -0.00286. The molecule has 2 unspecified atom stereocenters. The Labute approximate surface area is 113 Å². The molecule has 0 aliphatic carbocycles. The number of hydrogen-bond donors (Lipinski definition) is 1. The van der Waals surface area contributed by atoms with Gasteiger partial charge in [-0.05, 0) is 43.9 Å². The van der Waals surface area contributed by atoms with Crippen LogP contribution < -0.4 is 10.5 Å². The minimum atomic E-state index is -0.314. The van der Waals surface area contributed by atoms with E-state index >= 15 is 0 Å². The Bertz CT molecular complexity index is 403. The van der Waals surface area contributed by atoms with Crippen molar-refractivity contribution in [3.8, 4) is 5.75 Å². The van der Waals surface area contributed by atoms with Gasteiger partial charge in [0.2, 0.25) is 0 Å². The number of ether oxygens (including phenoxy) is 2. The number of halogens is 1. The van der Waals surface area contributed by atoms with Crippen LogP contribution in [0.15, 0.2) is 18.2 Å². The molecule has 106 valence electrons. The topological polar surface area (TPSA) is 44.5 Å². The number of nitrogens with two attached hydrogens (primary N) is 1. The third-order valence-electron chi connectivity index (χ3n) is 3.28. The molecule has 0 aromatic heterocycles. The monoisotopic (exact) mass is 267 g/mol. The summed E-state index contributed by atoms with van der Waals surface area (Å²) in [6, 6.07) is 5.09. The predicted molar refractivity (Wildman–Crippen MR) is 72.8 cm³/mol. The van der Waals surface area contributed by atoms with Gasteiger partial charge in [-0.1, -0.05) is 6.07 Å². The first-order valence-electron chi connectivity index (χ1n) is 6.93. The molecule has 1 aromatic carbocycles. The van der Waals surface area contributed by atoms with Crippen LogP contribution in [0.25, 0.3) is 0 Å². The van der Waals surface area contributed by atoms with Crippen molar-refractivity contribution in [1.82, 2.24) is 0 Å². The molecule has 4 heteroatoms. The van der Waals surface area contributed by atoms with Crippen molar-refractivity contribution in [1.29, 1.82) is 0 Å². The van der Waals surface area contributed by atoms with E-state index in [0.29, 0.717) is 18.8 Å². The normalized spacial score (nSPS) is 20.5. The second-order valence-electron chi connectivity index (χ2n) is 5.22. The summed E-state index contributed by atoms with van der Waals surface area (Å²) in [6.45, 7) is 3.24. The van der Waals surface area contributed by atoms with Gasteiger partial charge in [-0.2, -0.15) is 0 Å². The maximum atomic E-state index is 13.8. The van der Waals surface area contributed by atoms with Crippen molar-refractivity contribution in [3.05, 3.63) is 29.6 Å². The van der Waals surface area contributed by atoms with E-state index in [1.165, 1.54) is 6.07 Å². The zero-order valence-corrected chi connectivity index (χ0v) is 11.4. The van der Waals surface area contributed by atoms with Gasteiger partial charge in [0.25, 0.3) is 0 Å². The minimum Gasteiger partial charge on any atom is -0.490 e.